The number of unbranched alkanes of at least 4 members (excludes halogenated alkanes) is 2. The zero-order valence-electron chi connectivity index (χ0n) is 9.54. The first kappa shape index (κ1) is 12.4. The molecule has 0 N–H and O–H groups in total. The molecule has 0 atom stereocenters. The molecule has 0 radical (unpaired) electrons. The third kappa shape index (κ3) is 4.57. The highest BCUT2D eigenvalue weighted by atomic mass is 32.2. The van der Waals surface area contributed by atoms with Crippen molar-refractivity contribution >= 4 is 11.8 Å². The van der Waals surface area contributed by atoms with Crippen LogP contribution >= 0.6 is 11.8 Å². The molecule has 15 heavy (non-hydrogen) atoms. The lowest BCUT2D eigenvalue weighted by molar-refractivity contribution is 0.778. The van der Waals surface area contributed by atoms with Gasteiger partial charge < -0.3 is 0 Å². The van der Waals surface area contributed by atoms with E-state index >= 15 is 0 Å². The van der Waals surface area contributed by atoms with E-state index in [0.717, 1.165) is 6.42 Å². The second-order valence-corrected chi connectivity index (χ2v) is 4.79. The topological polar surface area (TPSA) is 0 Å². The van der Waals surface area contributed by atoms with Gasteiger partial charge >= 0.3 is 0 Å². The third-order valence-electron chi connectivity index (χ3n) is 2.34. The van der Waals surface area contributed by atoms with Crippen molar-refractivity contribution in [1.29, 1.82) is 0 Å². The monoisotopic (exact) mass is 220 g/mol. The summed E-state index contributed by atoms with van der Waals surface area (Å²) in [6, 6.07) is 8.64. The lowest BCUT2D eigenvalue weighted by Crippen LogP contribution is -1.87. The first-order chi connectivity index (χ1) is 7.38. The van der Waals surface area contributed by atoms with E-state index in [1.165, 1.54) is 35.5 Å². The normalized spacial score (nSPS) is 10.2. The molecule has 0 aromatic heterocycles. The van der Waals surface area contributed by atoms with E-state index in [1.54, 1.807) is 0 Å². The van der Waals surface area contributed by atoms with Crippen LogP contribution in [0.25, 0.3) is 0 Å². The van der Waals surface area contributed by atoms with Gasteiger partial charge in [-0.15, -0.1) is 18.3 Å². The minimum absolute atomic E-state index is 0.983. The largest absolute Gasteiger partial charge is 0.126 e. The predicted molar refractivity (Wildman–Crippen MR) is 70.6 cm³/mol. The van der Waals surface area contributed by atoms with Crippen LogP contribution in [0, 0.1) is 0 Å². The minimum Gasteiger partial charge on any atom is -0.126 e. The van der Waals surface area contributed by atoms with Gasteiger partial charge in [-0.1, -0.05) is 44.0 Å². The number of allylic oxidation sites excluding steroid dienone is 1. The highest BCUT2D eigenvalue weighted by Crippen LogP contribution is 2.24. The van der Waals surface area contributed by atoms with Crippen molar-refractivity contribution in [3.8, 4) is 0 Å². The molecule has 0 nitrogen and oxygen atoms in total. The molecule has 0 amide bonds. The van der Waals surface area contributed by atoms with Crippen LogP contribution in [-0.4, -0.2) is 5.75 Å². The summed E-state index contributed by atoms with van der Waals surface area (Å²) < 4.78 is 0. The van der Waals surface area contributed by atoms with E-state index < -0.39 is 0 Å². The number of thioether (sulfide) groups is 1. The van der Waals surface area contributed by atoms with Crippen LogP contribution in [0.2, 0.25) is 0 Å². The molecule has 0 saturated carbocycles. The van der Waals surface area contributed by atoms with Crippen LogP contribution in [0.15, 0.2) is 41.8 Å². The number of rotatable bonds is 7. The molecule has 1 aromatic carbocycles. The van der Waals surface area contributed by atoms with Gasteiger partial charge in [0.1, 0.15) is 0 Å². The Kier molecular flexibility index (Phi) is 6.26. The summed E-state index contributed by atoms with van der Waals surface area (Å²) in [5.74, 6) is 1.24. The molecule has 0 aliphatic heterocycles. The van der Waals surface area contributed by atoms with Gasteiger partial charge in [-0.25, -0.2) is 0 Å². The van der Waals surface area contributed by atoms with Gasteiger partial charge in [-0.2, -0.15) is 0 Å². The van der Waals surface area contributed by atoms with Crippen LogP contribution in [0.3, 0.4) is 0 Å². The molecule has 0 unspecified atom stereocenters. The molecule has 1 heteroatoms. The van der Waals surface area contributed by atoms with Crippen molar-refractivity contribution < 1.29 is 0 Å². The third-order valence-corrected chi connectivity index (χ3v) is 3.54. The second kappa shape index (κ2) is 7.58. The fourth-order valence-electron chi connectivity index (χ4n) is 1.50. The molecule has 0 heterocycles. The molecule has 1 aromatic rings. The summed E-state index contributed by atoms with van der Waals surface area (Å²) in [6.45, 7) is 6.04. The van der Waals surface area contributed by atoms with Crippen molar-refractivity contribution in [2.75, 3.05) is 5.75 Å². The molecular weight excluding hydrogens is 200 g/mol. The molecule has 0 aliphatic carbocycles. The molecular formula is C14H20S. The van der Waals surface area contributed by atoms with Gasteiger partial charge in [0.05, 0.1) is 0 Å². The lowest BCUT2D eigenvalue weighted by atomic mass is 10.1. The molecule has 0 saturated heterocycles. The summed E-state index contributed by atoms with van der Waals surface area (Å²) in [6.07, 6.45) is 6.93. The molecule has 1 rings (SSSR count). The smallest absolute Gasteiger partial charge is 0.0107 e. The molecule has 0 spiro atoms. The summed E-state index contributed by atoms with van der Waals surface area (Å²) in [5, 5.41) is 0. The Morgan fingerprint density at radius 3 is 2.80 bits per heavy atom. The molecule has 82 valence electrons. The van der Waals surface area contributed by atoms with Crippen molar-refractivity contribution in [3.63, 3.8) is 0 Å². The zero-order valence-corrected chi connectivity index (χ0v) is 10.4. The molecule has 0 fully saturated rings. The Morgan fingerprint density at radius 1 is 1.27 bits per heavy atom. The number of benzene rings is 1. The van der Waals surface area contributed by atoms with Gasteiger partial charge in [0.15, 0.2) is 0 Å². The van der Waals surface area contributed by atoms with Crippen LogP contribution in [-0.2, 0) is 6.42 Å². The van der Waals surface area contributed by atoms with Crippen LogP contribution < -0.4 is 0 Å². The quantitative estimate of drug-likeness (QED) is 0.365. The number of hydrogen-bond donors (Lipinski definition) is 0. The number of hydrogen-bond acceptors (Lipinski definition) is 1. The standard InChI is InChI=1S/C14H20S/c1-3-5-8-12-15-14-11-7-6-10-13(14)9-4-2/h4,6-7,10-11H,2-3,5,8-9,12H2,1H3. The Labute approximate surface area is 97.8 Å². The summed E-state index contributed by atoms with van der Waals surface area (Å²) in [7, 11) is 0. The van der Waals surface area contributed by atoms with E-state index in [0.29, 0.717) is 0 Å². The maximum atomic E-state index is 3.80. The fraction of sp³-hybridized carbons (Fsp3) is 0.429. The maximum absolute atomic E-state index is 3.80. The second-order valence-electron chi connectivity index (χ2n) is 3.66. The van der Waals surface area contributed by atoms with Crippen molar-refractivity contribution in [1.82, 2.24) is 0 Å². The average Bonchev–Trinajstić information content (AvgIpc) is 2.27. The average molecular weight is 220 g/mol. The summed E-state index contributed by atoms with van der Waals surface area (Å²) in [5.41, 5.74) is 1.41. The Bertz CT molecular complexity index is 291. The molecule has 0 bridgehead atoms. The van der Waals surface area contributed by atoms with Gasteiger partial charge in [-0.3, -0.25) is 0 Å². The minimum atomic E-state index is 0.983. The maximum Gasteiger partial charge on any atom is 0.0107 e. The Hall–Kier alpha value is -0.690. The highest BCUT2D eigenvalue weighted by molar-refractivity contribution is 7.99. The van der Waals surface area contributed by atoms with Crippen LogP contribution in [0.4, 0.5) is 0 Å². The van der Waals surface area contributed by atoms with Gasteiger partial charge in [0, 0.05) is 4.90 Å². The first-order valence-corrected chi connectivity index (χ1v) is 6.68. The lowest BCUT2D eigenvalue weighted by Gasteiger charge is -2.06. The van der Waals surface area contributed by atoms with E-state index in [9.17, 15) is 0 Å². The van der Waals surface area contributed by atoms with Gasteiger partial charge in [0.2, 0.25) is 0 Å². The summed E-state index contributed by atoms with van der Waals surface area (Å²) >= 11 is 1.98. The van der Waals surface area contributed by atoms with Crippen molar-refractivity contribution in [2.45, 2.75) is 37.5 Å². The first-order valence-electron chi connectivity index (χ1n) is 5.70. The van der Waals surface area contributed by atoms with Gasteiger partial charge in [-0.05, 0) is 30.2 Å². The Balaban J connectivity index is 2.47. The van der Waals surface area contributed by atoms with E-state index in [1.807, 2.05) is 17.8 Å². The van der Waals surface area contributed by atoms with Crippen molar-refractivity contribution in [3.05, 3.63) is 42.5 Å². The Morgan fingerprint density at radius 2 is 2.07 bits per heavy atom. The SMILES string of the molecule is C=CCc1ccccc1SCCCCC. The molecule has 0 aliphatic rings. The highest BCUT2D eigenvalue weighted by Gasteiger charge is 1.99. The van der Waals surface area contributed by atoms with Crippen molar-refractivity contribution in [2.24, 2.45) is 0 Å². The zero-order chi connectivity index (χ0) is 10.9. The summed E-state index contributed by atoms with van der Waals surface area (Å²) in [4.78, 5) is 1.42. The van der Waals surface area contributed by atoms with E-state index in [2.05, 4.69) is 37.8 Å². The van der Waals surface area contributed by atoms with E-state index in [4.69, 9.17) is 0 Å². The van der Waals surface area contributed by atoms with Crippen LogP contribution in [0.5, 0.6) is 0 Å². The van der Waals surface area contributed by atoms with Crippen LogP contribution in [0.1, 0.15) is 31.7 Å². The fourth-order valence-corrected chi connectivity index (χ4v) is 2.58. The predicted octanol–water partition coefficient (Wildman–Crippen LogP) is 4.70. The van der Waals surface area contributed by atoms with E-state index in [-0.39, 0.29) is 0 Å². The van der Waals surface area contributed by atoms with Gasteiger partial charge in [0.25, 0.3) is 0 Å².